The van der Waals surface area contributed by atoms with Gasteiger partial charge in [0.25, 0.3) is 0 Å². The van der Waals surface area contributed by atoms with E-state index in [-0.39, 0.29) is 0 Å². The van der Waals surface area contributed by atoms with Crippen molar-refractivity contribution in [3.8, 4) is 0 Å². The molecule has 0 aliphatic carbocycles. The van der Waals surface area contributed by atoms with Crippen molar-refractivity contribution in [2.24, 2.45) is 0 Å². The minimum Gasteiger partial charge on any atom is -0.368 e. The fourth-order valence-corrected chi connectivity index (χ4v) is 2.45. The van der Waals surface area contributed by atoms with E-state index in [1.165, 1.54) is 23.5 Å². The van der Waals surface area contributed by atoms with Crippen LogP contribution in [-0.4, -0.2) is 23.5 Å². The summed E-state index contributed by atoms with van der Waals surface area (Å²) in [7, 11) is 0. The molecule has 84 valence electrons. The highest BCUT2D eigenvalue weighted by molar-refractivity contribution is 7.98. The Morgan fingerprint density at radius 2 is 2.44 bits per heavy atom. The summed E-state index contributed by atoms with van der Waals surface area (Å²) in [5, 5.41) is 8.58. The van der Waals surface area contributed by atoms with Crippen molar-refractivity contribution in [2.45, 2.75) is 17.5 Å². The number of nitrogen functional groups attached to an aromatic ring is 1. The molecule has 0 atom stereocenters. The van der Waals surface area contributed by atoms with Crippen LogP contribution in [0.3, 0.4) is 0 Å². The summed E-state index contributed by atoms with van der Waals surface area (Å²) in [6.45, 7) is 4.27. The molecule has 0 bridgehead atoms. The van der Waals surface area contributed by atoms with Crippen molar-refractivity contribution >= 4 is 29.4 Å². The van der Waals surface area contributed by atoms with Gasteiger partial charge in [0.1, 0.15) is 0 Å². The van der Waals surface area contributed by atoms with Crippen LogP contribution in [0.15, 0.2) is 24.0 Å². The summed E-state index contributed by atoms with van der Waals surface area (Å²) < 4.78 is 9.85. The highest BCUT2D eigenvalue weighted by Gasteiger charge is 2.09. The molecule has 2 aromatic heterocycles. The van der Waals surface area contributed by atoms with Crippen molar-refractivity contribution in [2.75, 3.05) is 5.73 Å². The predicted molar refractivity (Wildman–Crippen MR) is 64.1 cm³/mol. The minimum atomic E-state index is 0.402. The molecule has 0 aliphatic rings. The van der Waals surface area contributed by atoms with Crippen LogP contribution < -0.4 is 5.73 Å². The lowest BCUT2D eigenvalue weighted by molar-refractivity contribution is 0.733. The standard InChI is InChI=1S/C8H10N6S2/c1-2-3-14-7(9)11-12-8(14)15-5-6-4-10-16-13-6/h2,4H,1,3,5H2,(H2,9,11). The Morgan fingerprint density at radius 1 is 1.56 bits per heavy atom. The van der Waals surface area contributed by atoms with Crippen LogP contribution in [0.25, 0.3) is 0 Å². The summed E-state index contributed by atoms with van der Waals surface area (Å²) >= 11 is 2.73. The van der Waals surface area contributed by atoms with Gasteiger partial charge in [0, 0.05) is 12.3 Å². The number of allylic oxidation sites excluding steroid dienone is 1. The molecular formula is C8H10N6S2. The molecule has 2 N–H and O–H groups in total. The second-order valence-corrected chi connectivity index (χ2v) is 4.43. The molecule has 0 aliphatic heterocycles. The number of thioether (sulfide) groups is 1. The second kappa shape index (κ2) is 5.08. The van der Waals surface area contributed by atoms with Gasteiger partial charge in [-0.2, -0.15) is 8.75 Å². The van der Waals surface area contributed by atoms with E-state index in [1.54, 1.807) is 16.8 Å². The van der Waals surface area contributed by atoms with E-state index in [0.717, 1.165) is 10.9 Å². The molecule has 0 fully saturated rings. The smallest absolute Gasteiger partial charge is 0.222 e. The van der Waals surface area contributed by atoms with E-state index in [9.17, 15) is 0 Å². The van der Waals surface area contributed by atoms with Gasteiger partial charge in [0.15, 0.2) is 5.16 Å². The third-order valence-electron chi connectivity index (χ3n) is 1.81. The molecule has 0 amide bonds. The molecule has 0 unspecified atom stereocenters. The fraction of sp³-hybridized carbons (Fsp3) is 0.250. The van der Waals surface area contributed by atoms with Gasteiger partial charge in [-0.05, 0) is 0 Å². The molecule has 0 spiro atoms. The number of aromatic nitrogens is 5. The van der Waals surface area contributed by atoms with Gasteiger partial charge in [-0.1, -0.05) is 17.8 Å². The summed E-state index contributed by atoms with van der Waals surface area (Å²) in [5.74, 6) is 1.12. The Labute approximate surface area is 101 Å². The molecule has 0 saturated carbocycles. The molecule has 2 aromatic rings. The summed E-state index contributed by atoms with van der Waals surface area (Å²) in [4.78, 5) is 0. The zero-order chi connectivity index (χ0) is 11.4. The molecular weight excluding hydrogens is 244 g/mol. The van der Waals surface area contributed by atoms with Crippen LogP contribution in [0.2, 0.25) is 0 Å². The molecule has 16 heavy (non-hydrogen) atoms. The Hall–Kier alpha value is -1.41. The van der Waals surface area contributed by atoms with Crippen LogP contribution in [0.1, 0.15) is 5.69 Å². The third-order valence-corrected chi connectivity index (χ3v) is 3.33. The van der Waals surface area contributed by atoms with E-state index >= 15 is 0 Å². The van der Waals surface area contributed by atoms with E-state index in [2.05, 4.69) is 25.5 Å². The Kier molecular flexibility index (Phi) is 3.52. The number of nitrogens with zero attached hydrogens (tertiary/aromatic N) is 5. The van der Waals surface area contributed by atoms with Gasteiger partial charge < -0.3 is 5.73 Å². The maximum atomic E-state index is 5.68. The Bertz CT molecular complexity index is 463. The maximum Gasteiger partial charge on any atom is 0.222 e. The molecule has 2 heterocycles. The quantitative estimate of drug-likeness (QED) is 0.637. The van der Waals surface area contributed by atoms with E-state index < -0.39 is 0 Å². The first-order valence-corrected chi connectivity index (χ1v) is 6.21. The van der Waals surface area contributed by atoms with Crippen LogP contribution in [0, 0.1) is 0 Å². The molecule has 2 rings (SSSR count). The molecule has 8 heteroatoms. The molecule has 6 nitrogen and oxygen atoms in total. The highest BCUT2D eigenvalue weighted by Crippen LogP contribution is 2.21. The fourth-order valence-electron chi connectivity index (χ4n) is 1.09. The Morgan fingerprint density at radius 3 is 3.12 bits per heavy atom. The second-order valence-electron chi connectivity index (χ2n) is 2.93. The normalized spacial score (nSPS) is 10.5. The van der Waals surface area contributed by atoms with E-state index in [0.29, 0.717) is 18.2 Å². The monoisotopic (exact) mass is 254 g/mol. The van der Waals surface area contributed by atoms with Crippen molar-refractivity contribution in [3.05, 3.63) is 24.5 Å². The maximum absolute atomic E-state index is 5.68. The first-order valence-electron chi connectivity index (χ1n) is 4.50. The third kappa shape index (κ3) is 2.39. The lowest BCUT2D eigenvalue weighted by atomic mass is 10.6. The van der Waals surface area contributed by atoms with E-state index in [4.69, 9.17) is 5.73 Å². The van der Waals surface area contributed by atoms with Gasteiger partial charge >= 0.3 is 0 Å². The molecule has 0 aromatic carbocycles. The molecule has 0 radical (unpaired) electrons. The topological polar surface area (TPSA) is 82.5 Å². The van der Waals surface area contributed by atoms with Gasteiger partial charge in [0.2, 0.25) is 5.95 Å². The van der Waals surface area contributed by atoms with Crippen molar-refractivity contribution in [3.63, 3.8) is 0 Å². The van der Waals surface area contributed by atoms with Gasteiger partial charge in [-0.3, -0.25) is 4.57 Å². The van der Waals surface area contributed by atoms with E-state index in [1.807, 2.05) is 0 Å². The highest BCUT2D eigenvalue weighted by atomic mass is 32.2. The SMILES string of the molecule is C=CCn1c(N)nnc1SCc1cnsn1. The number of hydrogen-bond acceptors (Lipinski definition) is 7. The van der Waals surface area contributed by atoms with Gasteiger partial charge in [-0.15, -0.1) is 16.8 Å². The van der Waals surface area contributed by atoms with Crippen LogP contribution in [0.4, 0.5) is 5.95 Å². The summed E-state index contributed by atoms with van der Waals surface area (Å²) in [5.41, 5.74) is 6.61. The van der Waals surface area contributed by atoms with Crippen LogP contribution >= 0.6 is 23.5 Å². The van der Waals surface area contributed by atoms with Crippen molar-refractivity contribution in [1.82, 2.24) is 23.5 Å². The first-order chi connectivity index (χ1) is 7.81. The van der Waals surface area contributed by atoms with Gasteiger partial charge in [-0.25, -0.2) is 0 Å². The molecule has 0 saturated heterocycles. The number of anilines is 1. The number of hydrogen-bond donors (Lipinski definition) is 1. The van der Waals surface area contributed by atoms with Crippen LogP contribution in [0.5, 0.6) is 0 Å². The number of rotatable bonds is 5. The zero-order valence-electron chi connectivity index (χ0n) is 8.41. The zero-order valence-corrected chi connectivity index (χ0v) is 10.0. The Balaban J connectivity index is 2.06. The predicted octanol–water partition coefficient (Wildman–Crippen LogP) is 1.19. The lowest BCUT2D eigenvalue weighted by Gasteiger charge is -2.03. The summed E-state index contributed by atoms with van der Waals surface area (Å²) in [6.07, 6.45) is 3.50. The van der Waals surface area contributed by atoms with Gasteiger partial charge in [0.05, 0.1) is 23.6 Å². The average Bonchev–Trinajstić information content (AvgIpc) is 2.89. The van der Waals surface area contributed by atoms with Crippen molar-refractivity contribution < 1.29 is 0 Å². The first kappa shape index (κ1) is 11.1. The van der Waals surface area contributed by atoms with Crippen molar-refractivity contribution in [1.29, 1.82) is 0 Å². The largest absolute Gasteiger partial charge is 0.368 e. The van der Waals surface area contributed by atoms with Crippen LogP contribution in [-0.2, 0) is 12.3 Å². The average molecular weight is 254 g/mol. The number of nitrogens with two attached hydrogens (primary N) is 1. The minimum absolute atomic E-state index is 0.402. The lowest BCUT2D eigenvalue weighted by Crippen LogP contribution is -2.03. The summed E-state index contributed by atoms with van der Waals surface area (Å²) in [6, 6.07) is 0.